The molecule has 1 amide bonds. The Hall–Kier alpha value is -2.27. The zero-order chi connectivity index (χ0) is 14.5. The van der Waals surface area contributed by atoms with Crippen LogP contribution in [-0.2, 0) is 11.2 Å². The number of hydrogen-bond acceptors (Lipinski definition) is 2. The van der Waals surface area contributed by atoms with Crippen LogP contribution in [0.1, 0.15) is 11.1 Å². The molecule has 20 heavy (non-hydrogen) atoms. The molecular formula is C15H13FN2OS. The summed E-state index contributed by atoms with van der Waals surface area (Å²) in [5.41, 5.74) is 7.36. The summed E-state index contributed by atoms with van der Waals surface area (Å²) in [7, 11) is 0. The number of carbonyl (C=O) groups is 1. The Morgan fingerprint density at radius 3 is 2.65 bits per heavy atom. The third-order valence-electron chi connectivity index (χ3n) is 2.72. The van der Waals surface area contributed by atoms with Crippen molar-refractivity contribution in [1.82, 2.24) is 0 Å². The van der Waals surface area contributed by atoms with Crippen LogP contribution < -0.4 is 11.1 Å². The van der Waals surface area contributed by atoms with E-state index in [1.54, 1.807) is 36.4 Å². The lowest BCUT2D eigenvalue weighted by atomic mass is 10.1. The third kappa shape index (κ3) is 3.61. The quantitative estimate of drug-likeness (QED) is 0.850. The van der Waals surface area contributed by atoms with Crippen molar-refractivity contribution in [3.05, 3.63) is 65.5 Å². The van der Waals surface area contributed by atoms with E-state index in [0.717, 1.165) is 0 Å². The molecule has 2 aromatic rings. The van der Waals surface area contributed by atoms with E-state index < -0.39 is 0 Å². The monoisotopic (exact) mass is 288 g/mol. The summed E-state index contributed by atoms with van der Waals surface area (Å²) < 4.78 is 13.0. The zero-order valence-corrected chi connectivity index (χ0v) is 11.4. The molecule has 2 aromatic carbocycles. The molecule has 0 aliphatic rings. The minimum Gasteiger partial charge on any atom is -0.389 e. The van der Waals surface area contributed by atoms with E-state index in [1.807, 2.05) is 0 Å². The Morgan fingerprint density at radius 2 is 1.95 bits per heavy atom. The highest BCUT2D eigenvalue weighted by Crippen LogP contribution is 2.15. The molecule has 3 nitrogen and oxygen atoms in total. The molecule has 0 unspecified atom stereocenters. The molecule has 0 aliphatic carbocycles. The number of benzene rings is 2. The smallest absolute Gasteiger partial charge is 0.228 e. The van der Waals surface area contributed by atoms with E-state index in [-0.39, 0.29) is 23.1 Å². The zero-order valence-electron chi connectivity index (χ0n) is 10.6. The Kier molecular flexibility index (Phi) is 4.42. The Morgan fingerprint density at radius 1 is 1.20 bits per heavy atom. The average molecular weight is 288 g/mol. The maximum atomic E-state index is 13.0. The number of amides is 1. The van der Waals surface area contributed by atoms with Gasteiger partial charge in [-0.15, -0.1) is 0 Å². The summed E-state index contributed by atoms with van der Waals surface area (Å²) in [6, 6.07) is 13.0. The first-order chi connectivity index (χ1) is 9.56. The van der Waals surface area contributed by atoms with Gasteiger partial charge in [-0.3, -0.25) is 4.79 Å². The summed E-state index contributed by atoms with van der Waals surface area (Å²) in [4.78, 5) is 12.2. The van der Waals surface area contributed by atoms with Crippen LogP contribution in [0, 0.1) is 5.82 Å². The molecule has 102 valence electrons. The van der Waals surface area contributed by atoms with Crippen molar-refractivity contribution in [2.45, 2.75) is 6.42 Å². The number of nitrogens with two attached hydrogens (primary N) is 1. The Balaban J connectivity index is 2.11. The van der Waals surface area contributed by atoms with E-state index in [2.05, 4.69) is 5.32 Å². The van der Waals surface area contributed by atoms with Crippen LogP contribution in [0.15, 0.2) is 48.5 Å². The topological polar surface area (TPSA) is 55.1 Å². The van der Waals surface area contributed by atoms with Crippen LogP contribution in [0.5, 0.6) is 0 Å². The second-order valence-corrected chi connectivity index (χ2v) is 4.70. The van der Waals surface area contributed by atoms with Gasteiger partial charge in [-0.2, -0.15) is 0 Å². The van der Waals surface area contributed by atoms with E-state index in [1.165, 1.54) is 12.1 Å². The van der Waals surface area contributed by atoms with Crippen molar-refractivity contribution in [1.29, 1.82) is 0 Å². The minimum atomic E-state index is -0.362. The molecule has 0 heterocycles. The summed E-state index contributed by atoms with van der Waals surface area (Å²) >= 11 is 4.93. The van der Waals surface area contributed by atoms with Crippen molar-refractivity contribution in [3.8, 4) is 0 Å². The minimum absolute atomic E-state index is 0.0867. The van der Waals surface area contributed by atoms with Crippen LogP contribution in [0.4, 0.5) is 10.1 Å². The summed E-state index contributed by atoms with van der Waals surface area (Å²) in [5, 5.41) is 2.73. The molecule has 3 N–H and O–H groups in total. The molecule has 0 bridgehead atoms. The molecule has 0 atom stereocenters. The number of carbonyl (C=O) groups excluding carboxylic acids is 1. The highest BCUT2D eigenvalue weighted by atomic mass is 32.1. The van der Waals surface area contributed by atoms with Gasteiger partial charge in [-0.25, -0.2) is 4.39 Å². The first-order valence-electron chi connectivity index (χ1n) is 5.99. The van der Waals surface area contributed by atoms with Crippen molar-refractivity contribution >= 4 is 28.8 Å². The van der Waals surface area contributed by atoms with Gasteiger partial charge >= 0.3 is 0 Å². The van der Waals surface area contributed by atoms with Crippen LogP contribution in [0.3, 0.4) is 0 Å². The highest BCUT2D eigenvalue weighted by Gasteiger charge is 2.09. The number of rotatable bonds is 4. The third-order valence-corrected chi connectivity index (χ3v) is 2.94. The first-order valence-corrected chi connectivity index (χ1v) is 6.40. The van der Waals surface area contributed by atoms with Gasteiger partial charge in [0.1, 0.15) is 10.8 Å². The van der Waals surface area contributed by atoms with Gasteiger partial charge < -0.3 is 11.1 Å². The maximum Gasteiger partial charge on any atom is 0.228 e. The van der Waals surface area contributed by atoms with Gasteiger partial charge in [-0.1, -0.05) is 36.5 Å². The molecule has 0 saturated carbocycles. The molecule has 0 aliphatic heterocycles. The number of thiocarbonyl (C=S) groups is 1. The molecule has 0 fully saturated rings. The average Bonchev–Trinajstić information content (AvgIpc) is 2.38. The van der Waals surface area contributed by atoms with E-state index in [0.29, 0.717) is 16.8 Å². The number of nitrogens with one attached hydrogen (secondary N) is 1. The second-order valence-electron chi connectivity index (χ2n) is 4.26. The molecule has 2 rings (SSSR count). The van der Waals surface area contributed by atoms with Crippen molar-refractivity contribution in [2.75, 3.05) is 5.32 Å². The van der Waals surface area contributed by atoms with Gasteiger partial charge in [0.05, 0.1) is 12.1 Å². The second kappa shape index (κ2) is 6.25. The molecule has 0 radical (unpaired) electrons. The van der Waals surface area contributed by atoms with E-state index in [4.69, 9.17) is 18.0 Å². The van der Waals surface area contributed by atoms with Crippen LogP contribution >= 0.6 is 12.2 Å². The Labute approximate surface area is 121 Å². The summed E-state index contributed by atoms with van der Waals surface area (Å²) in [6.45, 7) is 0. The van der Waals surface area contributed by atoms with Crippen molar-refractivity contribution in [2.24, 2.45) is 5.73 Å². The summed E-state index contributed by atoms with van der Waals surface area (Å²) in [5.74, 6) is -0.613. The van der Waals surface area contributed by atoms with Gasteiger partial charge in [-0.05, 0) is 29.8 Å². The van der Waals surface area contributed by atoms with Crippen molar-refractivity contribution < 1.29 is 9.18 Å². The lowest BCUT2D eigenvalue weighted by Crippen LogP contribution is -2.18. The fourth-order valence-electron chi connectivity index (χ4n) is 1.83. The molecule has 0 aromatic heterocycles. The SMILES string of the molecule is NC(=S)c1ccccc1NC(=O)Cc1cccc(F)c1. The predicted octanol–water partition coefficient (Wildman–Crippen LogP) is 2.64. The molecular weight excluding hydrogens is 275 g/mol. The number of para-hydroxylation sites is 1. The van der Waals surface area contributed by atoms with Crippen molar-refractivity contribution in [3.63, 3.8) is 0 Å². The number of halogens is 1. The number of anilines is 1. The standard InChI is InChI=1S/C15H13FN2OS/c16-11-5-3-4-10(8-11)9-14(19)18-13-7-2-1-6-12(13)15(17)20/h1-8H,9H2,(H2,17,20)(H,18,19). The molecule has 0 spiro atoms. The van der Waals surface area contributed by atoms with Gasteiger partial charge in [0.25, 0.3) is 0 Å². The lowest BCUT2D eigenvalue weighted by Gasteiger charge is -2.10. The highest BCUT2D eigenvalue weighted by molar-refractivity contribution is 7.80. The van der Waals surface area contributed by atoms with Gasteiger partial charge in [0, 0.05) is 5.56 Å². The molecule has 5 heteroatoms. The predicted molar refractivity (Wildman–Crippen MR) is 81.1 cm³/mol. The fraction of sp³-hybridized carbons (Fsp3) is 0.0667. The summed E-state index contributed by atoms with van der Waals surface area (Å²) in [6.07, 6.45) is 0.0867. The largest absolute Gasteiger partial charge is 0.389 e. The fourth-order valence-corrected chi connectivity index (χ4v) is 2.01. The number of hydrogen-bond donors (Lipinski definition) is 2. The van der Waals surface area contributed by atoms with Gasteiger partial charge in [0.15, 0.2) is 0 Å². The normalized spacial score (nSPS) is 10.1. The van der Waals surface area contributed by atoms with Crippen LogP contribution in [-0.4, -0.2) is 10.9 Å². The van der Waals surface area contributed by atoms with E-state index in [9.17, 15) is 9.18 Å². The van der Waals surface area contributed by atoms with Gasteiger partial charge in [0.2, 0.25) is 5.91 Å². The van der Waals surface area contributed by atoms with Crippen LogP contribution in [0.25, 0.3) is 0 Å². The first kappa shape index (κ1) is 14.1. The lowest BCUT2D eigenvalue weighted by molar-refractivity contribution is -0.115. The van der Waals surface area contributed by atoms with E-state index >= 15 is 0 Å². The Bertz CT molecular complexity index is 658. The van der Waals surface area contributed by atoms with Crippen LogP contribution in [0.2, 0.25) is 0 Å². The maximum absolute atomic E-state index is 13.0. The molecule has 0 saturated heterocycles.